The van der Waals surface area contributed by atoms with Gasteiger partial charge in [-0.25, -0.2) is 9.78 Å². The fourth-order valence-corrected chi connectivity index (χ4v) is 1.96. The van der Waals surface area contributed by atoms with Gasteiger partial charge in [0.05, 0.1) is 5.69 Å². The third-order valence-electron chi connectivity index (χ3n) is 1.93. The van der Waals surface area contributed by atoms with Gasteiger partial charge in [0.2, 0.25) is 0 Å². The van der Waals surface area contributed by atoms with Crippen molar-refractivity contribution in [2.75, 3.05) is 0 Å². The molecule has 74 valence electrons. The van der Waals surface area contributed by atoms with Gasteiger partial charge >= 0.3 is 5.63 Å². The van der Waals surface area contributed by atoms with E-state index in [2.05, 4.69) is 9.36 Å². The van der Waals surface area contributed by atoms with Crippen LogP contribution in [0, 0.1) is 6.92 Å². The van der Waals surface area contributed by atoms with E-state index >= 15 is 0 Å². The molecule has 2 aromatic heterocycles. The van der Waals surface area contributed by atoms with E-state index in [1.165, 1.54) is 0 Å². The van der Waals surface area contributed by atoms with E-state index in [1.54, 1.807) is 0 Å². The molecule has 5 heteroatoms. The largest absolute Gasteiger partial charge is 0.407 e. The molecule has 0 saturated heterocycles. The molecule has 0 spiro atoms. The Labute approximate surface area is 84.8 Å². The number of aryl methyl sites for hydroxylation is 2. The van der Waals surface area contributed by atoms with Crippen molar-refractivity contribution in [3.63, 3.8) is 0 Å². The maximum Gasteiger partial charge on any atom is 0.358 e. The average Bonchev–Trinajstić information content (AvgIpc) is 2.49. The van der Waals surface area contributed by atoms with Crippen LogP contribution in [0.25, 0.3) is 10.2 Å². The highest BCUT2D eigenvalue weighted by Crippen LogP contribution is 2.16. The van der Waals surface area contributed by atoms with E-state index in [0.29, 0.717) is 22.5 Å². The first kappa shape index (κ1) is 9.33. The molecule has 2 rings (SSSR count). The van der Waals surface area contributed by atoms with E-state index < -0.39 is 0 Å². The summed E-state index contributed by atoms with van der Waals surface area (Å²) < 4.78 is 9.64. The summed E-state index contributed by atoms with van der Waals surface area (Å²) in [5.74, 6) is 0.508. The van der Waals surface area contributed by atoms with Crippen LogP contribution in [-0.4, -0.2) is 9.36 Å². The number of aromatic nitrogens is 2. The zero-order valence-corrected chi connectivity index (χ0v) is 8.85. The first-order valence-electron chi connectivity index (χ1n) is 4.48. The van der Waals surface area contributed by atoms with E-state index in [9.17, 15) is 4.79 Å². The Balaban J connectivity index is 2.69. The topological polar surface area (TPSA) is 56.0 Å². The molecule has 2 heterocycles. The number of rotatable bonds is 2. The molecule has 0 aliphatic heterocycles. The summed E-state index contributed by atoms with van der Waals surface area (Å²) in [4.78, 5) is 15.7. The van der Waals surface area contributed by atoms with Gasteiger partial charge in [-0.05, 0) is 24.9 Å². The van der Waals surface area contributed by atoms with Gasteiger partial charge in [0.25, 0.3) is 0 Å². The van der Waals surface area contributed by atoms with Gasteiger partial charge in [-0.1, -0.05) is 6.92 Å². The molecule has 4 nitrogen and oxygen atoms in total. The van der Waals surface area contributed by atoms with Crippen LogP contribution >= 0.6 is 11.5 Å². The van der Waals surface area contributed by atoms with Crippen molar-refractivity contribution >= 4 is 21.7 Å². The van der Waals surface area contributed by atoms with Crippen LogP contribution in [0.4, 0.5) is 0 Å². The highest BCUT2D eigenvalue weighted by molar-refractivity contribution is 7.13. The smallest absolute Gasteiger partial charge is 0.358 e. The Morgan fingerprint density at radius 1 is 1.50 bits per heavy atom. The molecule has 0 N–H and O–H groups in total. The molecule has 0 amide bonds. The number of nitrogens with zero attached hydrogens (tertiary/aromatic N) is 2. The lowest BCUT2D eigenvalue weighted by Gasteiger charge is -1.95. The highest BCUT2D eigenvalue weighted by atomic mass is 32.1. The second-order valence-corrected chi connectivity index (χ2v) is 3.86. The molecular weight excluding hydrogens is 200 g/mol. The van der Waals surface area contributed by atoms with Crippen molar-refractivity contribution in [1.82, 2.24) is 9.36 Å². The molecule has 0 aliphatic rings. The quantitative estimate of drug-likeness (QED) is 0.759. The van der Waals surface area contributed by atoms with E-state index in [1.807, 2.05) is 13.8 Å². The summed E-state index contributed by atoms with van der Waals surface area (Å²) in [6.07, 6.45) is 1.61. The second-order valence-electron chi connectivity index (χ2n) is 3.09. The number of hydrogen-bond acceptors (Lipinski definition) is 5. The van der Waals surface area contributed by atoms with Gasteiger partial charge < -0.3 is 4.42 Å². The van der Waals surface area contributed by atoms with Crippen molar-refractivity contribution in [2.24, 2.45) is 0 Å². The SMILES string of the molecule is CCCc1nc2c(C)nsc2c(=O)o1. The lowest BCUT2D eigenvalue weighted by molar-refractivity contribution is 0.443. The lowest BCUT2D eigenvalue weighted by atomic mass is 10.3. The summed E-state index contributed by atoms with van der Waals surface area (Å²) >= 11 is 1.15. The van der Waals surface area contributed by atoms with Gasteiger partial charge in [0, 0.05) is 6.42 Å². The highest BCUT2D eigenvalue weighted by Gasteiger charge is 2.10. The standard InChI is InChI=1S/C9H10N2O2S/c1-3-4-6-10-7-5(2)11-14-8(7)9(12)13-6/h3-4H2,1-2H3. The number of hydrogen-bond donors (Lipinski definition) is 0. The van der Waals surface area contributed by atoms with Gasteiger partial charge in [0.1, 0.15) is 5.52 Å². The third kappa shape index (κ3) is 1.43. The van der Waals surface area contributed by atoms with Crippen molar-refractivity contribution in [1.29, 1.82) is 0 Å². The molecule has 0 unspecified atom stereocenters. The minimum atomic E-state index is -0.316. The van der Waals surface area contributed by atoms with Gasteiger partial charge in [-0.3, -0.25) is 0 Å². The minimum Gasteiger partial charge on any atom is -0.407 e. The van der Waals surface area contributed by atoms with Crippen LogP contribution in [0.15, 0.2) is 9.21 Å². The molecule has 0 fully saturated rings. The minimum absolute atomic E-state index is 0.316. The van der Waals surface area contributed by atoms with Crippen molar-refractivity contribution in [3.05, 3.63) is 22.0 Å². The molecule has 0 saturated carbocycles. The Bertz CT molecular complexity index is 515. The monoisotopic (exact) mass is 210 g/mol. The Hall–Kier alpha value is -1.23. The zero-order chi connectivity index (χ0) is 10.1. The van der Waals surface area contributed by atoms with Crippen LogP contribution in [0.5, 0.6) is 0 Å². The molecule has 0 bridgehead atoms. The summed E-state index contributed by atoms with van der Waals surface area (Å²) in [5, 5.41) is 0. The second kappa shape index (κ2) is 3.49. The first-order chi connectivity index (χ1) is 6.72. The Morgan fingerprint density at radius 2 is 2.29 bits per heavy atom. The molecule has 0 radical (unpaired) electrons. The van der Waals surface area contributed by atoms with Crippen molar-refractivity contribution in [2.45, 2.75) is 26.7 Å². The van der Waals surface area contributed by atoms with Crippen LogP contribution in [-0.2, 0) is 6.42 Å². The van der Waals surface area contributed by atoms with Crippen molar-refractivity contribution < 1.29 is 4.42 Å². The maximum atomic E-state index is 11.5. The van der Waals surface area contributed by atoms with Gasteiger partial charge in [-0.15, -0.1) is 0 Å². The maximum absolute atomic E-state index is 11.5. The molecule has 14 heavy (non-hydrogen) atoms. The Morgan fingerprint density at radius 3 is 3.00 bits per heavy atom. The fourth-order valence-electron chi connectivity index (χ4n) is 1.25. The summed E-state index contributed by atoms with van der Waals surface area (Å²) in [5.41, 5.74) is 1.18. The van der Waals surface area contributed by atoms with E-state index in [0.717, 1.165) is 23.6 Å². The predicted molar refractivity (Wildman–Crippen MR) is 54.7 cm³/mol. The van der Waals surface area contributed by atoms with E-state index in [4.69, 9.17) is 4.42 Å². The first-order valence-corrected chi connectivity index (χ1v) is 5.25. The average molecular weight is 210 g/mol. The fraction of sp³-hybridized carbons (Fsp3) is 0.444. The summed E-state index contributed by atoms with van der Waals surface area (Å²) in [7, 11) is 0. The van der Waals surface area contributed by atoms with Crippen LogP contribution < -0.4 is 5.63 Å². The third-order valence-corrected chi connectivity index (χ3v) is 2.84. The predicted octanol–water partition coefficient (Wildman–Crippen LogP) is 1.91. The summed E-state index contributed by atoms with van der Waals surface area (Å²) in [6, 6.07) is 0. The van der Waals surface area contributed by atoms with Gasteiger partial charge in [-0.2, -0.15) is 4.37 Å². The normalized spacial score (nSPS) is 11.0. The lowest BCUT2D eigenvalue weighted by Crippen LogP contribution is -2.03. The molecule has 0 aliphatic carbocycles. The number of fused-ring (bicyclic) bond motifs is 1. The molecule has 0 atom stereocenters. The molecular formula is C9H10N2O2S. The molecule has 2 aromatic rings. The zero-order valence-electron chi connectivity index (χ0n) is 8.03. The van der Waals surface area contributed by atoms with E-state index in [-0.39, 0.29) is 5.63 Å². The Kier molecular flexibility index (Phi) is 2.33. The summed E-state index contributed by atoms with van der Waals surface area (Å²) in [6.45, 7) is 3.87. The van der Waals surface area contributed by atoms with Crippen LogP contribution in [0.3, 0.4) is 0 Å². The van der Waals surface area contributed by atoms with Gasteiger partial charge in [0.15, 0.2) is 10.6 Å². The van der Waals surface area contributed by atoms with Crippen molar-refractivity contribution in [3.8, 4) is 0 Å². The van der Waals surface area contributed by atoms with Crippen LogP contribution in [0.1, 0.15) is 24.9 Å². The van der Waals surface area contributed by atoms with Crippen LogP contribution in [0.2, 0.25) is 0 Å². The molecule has 0 aromatic carbocycles.